The highest BCUT2D eigenvalue weighted by Gasteiger charge is 2.31. The van der Waals surface area contributed by atoms with Gasteiger partial charge in [-0.2, -0.15) is 0 Å². The molecule has 0 saturated carbocycles. The van der Waals surface area contributed by atoms with E-state index in [4.69, 9.17) is 16.7 Å². The quantitative estimate of drug-likeness (QED) is 0.858. The van der Waals surface area contributed by atoms with Crippen LogP contribution in [-0.2, 0) is 11.3 Å². The van der Waals surface area contributed by atoms with Crippen LogP contribution < -0.4 is 0 Å². The number of halogens is 2. The van der Waals surface area contributed by atoms with Gasteiger partial charge >= 0.3 is 5.97 Å². The van der Waals surface area contributed by atoms with Gasteiger partial charge < -0.3 is 9.67 Å². The maximum atomic E-state index is 11.0. The average molecular weight is 280 g/mol. The van der Waals surface area contributed by atoms with Gasteiger partial charge in [-0.1, -0.05) is 0 Å². The SMILES string of the molecule is O=C(O)C1CCCn2c(Cl)nc(Br)c21. The van der Waals surface area contributed by atoms with Crippen LogP contribution in [0.15, 0.2) is 4.60 Å². The number of fused-ring (bicyclic) bond motifs is 1. The van der Waals surface area contributed by atoms with E-state index in [1.54, 1.807) is 4.57 Å². The predicted octanol–water partition coefficient (Wildman–Crippen LogP) is 2.26. The lowest BCUT2D eigenvalue weighted by molar-refractivity contribution is -0.139. The van der Waals surface area contributed by atoms with Crippen molar-refractivity contribution in [1.82, 2.24) is 9.55 Å². The minimum absolute atomic E-state index is 0.359. The van der Waals surface area contributed by atoms with E-state index in [2.05, 4.69) is 20.9 Å². The van der Waals surface area contributed by atoms with Crippen molar-refractivity contribution >= 4 is 33.5 Å². The summed E-state index contributed by atoms with van der Waals surface area (Å²) in [5.74, 6) is -1.30. The normalized spacial score (nSPS) is 20.6. The van der Waals surface area contributed by atoms with Gasteiger partial charge in [-0.15, -0.1) is 0 Å². The molecule has 1 aliphatic rings. The zero-order chi connectivity index (χ0) is 10.3. The molecule has 4 nitrogen and oxygen atoms in total. The predicted molar refractivity (Wildman–Crippen MR) is 54.5 cm³/mol. The second-order valence-electron chi connectivity index (χ2n) is 3.24. The Kier molecular flexibility index (Phi) is 2.53. The van der Waals surface area contributed by atoms with Gasteiger partial charge in [-0.25, -0.2) is 4.98 Å². The summed E-state index contributed by atoms with van der Waals surface area (Å²) in [6.45, 7) is 0.747. The molecule has 0 aromatic carbocycles. The Morgan fingerprint density at radius 2 is 2.43 bits per heavy atom. The van der Waals surface area contributed by atoms with Crippen LogP contribution in [0.4, 0.5) is 0 Å². The molecule has 1 aromatic rings. The highest BCUT2D eigenvalue weighted by atomic mass is 79.9. The largest absolute Gasteiger partial charge is 0.481 e. The summed E-state index contributed by atoms with van der Waals surface area (Å²) in [5, 5.41) is 9.37. The number of carbonyl (C=O) groups is 1. The molecule has 6 heteroatoms. The van der Waals surface area contributed by atoms with Gasteiger partial charge in [-0.3, -0.25) is 4.79 Å². The Morgan fingerprint density at radius 1 is 1.71 bits per heavy atom. The van der Waals surface area contributed by atoms with Crippen LogP contribution in [0.25, 0.3) is 0 Å². The average Bonchev–Trinajstić information content (AvgIpc) is 2.43. The highest BCUT2D eigenvalue weighted by molar-refractivity contribution is 9.10. The summed E-state index contributed by atoms with van der Waals surface area (Å²) in [4.78, 5) is 15.0. The minimum Gasteiger partial charge on any atom is -0.481 e. The standard InChI is InChI=1S/C8H8BrClN2O2/c9-6-5-4(7(13)14)2-1-3-12(5)8(10)11-6/h4H,1-3H2,(H,13,14). The van der Waals surface area contributed by atoms with Gasteiger partial charge in [0.05, 0.1) is 11.6 Å². The molecule has 1 unspecified atom stereocenters. The molecule has 0 fully saturated rings. The summed E-state index contributed by atoms with van der Waals surface area (Å²) in [6, 6.07) is 0. The summed E-state index contributed by atoms with van der Waals surface area (Å²) in [7, 11) is 0. The van der Waals surface area contributed by atoms with E-state index in [-0.39, 0.29) is 0 Å². The molecule has 0 amide bonds. The summed E-state index contributed by atoms with van der Waals surface area (Å²) < 4.78 is 2.31. The van der Waals surface area contributed by atoms with Crippen LogP contribution in [0.5, 0.6) is 0 Å². The summed E-state index contributed by atoms with van der Waals surface area (Å²) >= 11 is 9.09. The lowest BCUT2D eigenvalue weighted by Gasteiger charge is -2.21. The van der Waals surface area contributed by atoms with Crippen molar-refractivity contribution < 1.29 is 9.90 Å². The third kappa shape index (κ3) is 1.44. The highest BCUT2D eigenvalue weighted by Crippen LogP contribution is 2.35. The molecular formula is C8H8BrClN2O2. The maximum Gasteiger partial charge on any atom is 0.312 e. The van der Waals surface area contributed by atoms with Crippen molar-refractivity contribution in [2.75, 3.05) is 0 Å². The van der Waals surface area contributed by atoms with Crippen molar-refractivity contribution in [3.8, 4) is 0 Å². The number of carboxylic acids is 1. The molecule has 0 radical (unpaired) electrons. The Labute approximate surface area is 94.0 Å². The van der Waals surface area contributed by atoms with Crippen molar-refractivity contribution in [2.24, 2.45) is 0 Å². The number of rotatable bonds is 1. The monoisotopic (exact) mass is 278 g/mol. The topological polar surface area (TPSA) is 55.1 Å². The Morgan fingerprint density at radius 3 is 3.07 bits per heavy atom. The van der Waals surface area contributed by atoms with E-state index in [0.717, 1.165) is 13.0 Å². The fourth-order valence-electron chi connectivity index (χ4n) is 1.78. The van der Waals surface area contributed by atoms with Crippen LogP contribution in [0, 0.1) is 0 Å². The van der Waals surface area contributed by atoms with E-state index >= 15 is 0 Å². The van der Waals surface area contributed by atoms with E-state index < -0.39 is 11.9 Å². The van der Waals surface area contributed by atoms with Gasteiger partial charge in [0.25, 0.3) is 0 Å². The van der Waals surface area contributed by atoms with Gasteiger partial charge in [-0.05, 0) is 40.4 Å². The molecule has 1 atom stereocenters. The molecule has 1 N–H and O–H groups in total. The number of hydrogen-bond donors (Lipinski definition) is 1. The number of hydrogen-bond acceptors (Lipinski definition) is 2. The van der Waals surface area contributed by atoms with E-state index in [9.17, 15) is 4.79 Å². The molecule has 2 rings (SSSR count). The first-order chi connectivity index (χ1) is 6.61. The lowest BCUT2D eigenvalue weighted by atomic mass is 9.97. The molecule has 1 aromatic heterocycles. The van der Waals surface area contributed by atoms with Crippen LogP contribution in [-0.4, -0.2) is 20.6 Å². The first-order valence-corrected chi connectivity index (χ1v) is 5.42. The number of aromatic nitrogens is 2. The fraction of sp³-hybridized carbons (Fsp3) is 0.500. The second-order valence-corrected chi connectivity index (χ2v) is 4.33. The van der Waals surface area contributed by atoms with E-state index in [0.29, 0.717) is 22.0 Å². The Balaban J connectivity index is 2.53. The summed E-state index contributed by atoms with van der Waals surface area (Å²) in [5.41, 5.74) is 0.689. The number of imidazole rings is 1. The van der Waals surface area contributed by atoms with Gasteiger partial charge in [0, 0.05) is 6.54 Å². The molecule has 0 saturated heterocycles. The van der Waals surface area contributed by atoms with E-state index in [1.807, 2.05) is 0 Å². The molecule has 2 heterocycles. The van der Waals surface area contributed by atoms with Gasteiger partial charge in [0.2, 0.25) is 5.28 Å². The van der Waals surface area contributed by atoms with Crippen molar-refractivity contribution in [1.29, 1.82) is 0 Å². The van der Waals surface area contributed by atoms with Crippen molar-refractivity contribution in [3.63, 3.8) is 0 Å². The smallest absolute Gasteiger partial charge is 0.312 e. The van der Waals surface area contributed by atoms with E-state index in [1.165, 1.54) is 0 Å². The second kappa shape index (κ2) is 3.55. The number of carboxylic acid groups (broad SMARTS) is 1. The van der Waals surface area contributed by atoms with Gasteiger partial charge in [0.1, 0.15) is 4.60 Å². The van der Waals surface area contributed by atoms with Crippen LogP contribution in [0.3, 0.4) is 0 Å². The molecule has 76 valence electrons. The number of aliphatic carboxylic acids is 1. The van der Waals surface area contributed by atoms with Crippen LogP contribution in [0.2, 0.25) is 5.28 Å². The van der Waals surface area contributed by atoms with Gasteiger partial charge in [0.15, 0.2) is 0 Å². The molecule has 1 aliphatic heterocycles. The zero-order valence-corrected chi connectivity index (χ0v) is 9.55. The lowest BCUT2D eigenvalue weighted by Crippen LogP contribution is -2.21. The van der Waals surface area contributed by atoms with Crippen LogP contribution >= 0.6 is 27.5 Å². The first-order valence-electron chi connectivity index (χ1n) is 4.25. The third-order valence-corrected chi connectivity index (χ3v) is 3.29. The molecule has 0 spiro atoms. The molecular weight excluding hydrogens is 271 g/mol. The first kappa shape index (κ1) is 9.98. The zero-order valence-electron chi connectivity index (χ0n) is 7.20. The molecule has 14 heavy (non-hydrogen) atoms. The van der Waals surface area contributed by atoms with Crippen molar-refractivity contribution in [2.45, 2.75) is 25.3 Å². The van der Waals surface area contributed by atoms with Crippen LogP contribution in [0.1, 0.15) is 24.5 Å². The maximum absolute atomic E-state index is 11.0. The number of nitrogens with zero attached hydrogens (tertiary/aromatic N) is 2. The summed E-state index contributed by atoms with van der Waals surface area (Å²) in [6.07, 6.45) is 1.47. The molecule has 0 bridgehead atoms. The fourth-order valence-corrected chi connectivity index (χ4v) is 2.81. The molecule has 0 aliphatic carbocycles. The Hall–Kier alpha value is -0.550. The minimum atomic E-state index is -0.816. The third-order valence-electron chi connectivity index (χ3n) is 2.42. The van der Waals surface area contributed by atoms with Crippen molar-refractivity contribution in [3.05, 3.63) is 15.6 Å². The Bertz CT molecular complexity index is 391.